The molecule has 12 heavy (non-hydrogen) atoms. The van der Waals surface area contributed by atoms with Gasteiger partial charge in [0, 0.05) is 0 Å². The molecule has 0 aromatic rings. The second-order valence-electron chi connectivity index (χ2n) is 3.07. The number of rotatable bonds is 4. The monoisotopic (exact) mass is 199 g/mol. The Morgan fingerprint density at radius 1 is 1.50 bits per heavy atom. The fraction of sp³-hybridized carbons (Fsp3) is 0.800. The molecule has 6 nitrogen and oxygen atoms in total. The Hall–Kier alpha value is -0.260. The summed E-state index contributed by atoms with van der Waals surface area (Å²) in [7, 11) is -4.56. The predicted molar refractivity (Wildman–Crippen MR) is 44.6 cm³/mol. The maximum absolute atomic E-state index is 10.2. The van der Waals surface area contributed by atoms with Crippen molar-refractivity contribution in [1.29, 1.82) is 0 Å². The van der Waals surface area contributed by atoms with Gasteiger partial charge < -0.3 is 0 Å². The molecule has 6 N–H and O–H groups in total. The van der Waals surface area contributed by atoms with Gasteiger partial charge in [-0.3, -0.25) is 0 Å². The molecule has 0 aromatic heterocycles. The first-order valence-corrected chi connectivity index (χ1v) is 6.05. The van der Waals surface area contributed by atoms with Crippen LogP contribution in [-0.2, 0) is 4.79 Å². The van der Waals surface area contributed by atoms with E-state index in [0.717, 1.165) is 6.66 Å². The fourth-order valence-electron chi connectivity index (χ4n) is 0.565. The van der Waals surface area contributed by atoms with E-state index in [2.05, 4.69) is 0 Å². The summed E-state index contributed by atoms with van der Waals surface area (Å²) in [5, 5.41) is 8.31. The average molecular weight is 199 g/mol. The van der Waals surface area contributed by atoms with Gasteiger partial charge in [-0.2, -0.15) is 0 Å². The van der Waals surface area contributed by atoms with Crippen molar-refractivity contribution in [3.05, 3.63) is 0 Å². The Labute approximate surface area is 69.8 Å². The zero-order valence-electron chi connectivity index (χ0n) is 6.71. The second-order valence-corrected chi connectivity index (χ2v) is 6.73. The molecule has 0 aromatic carbocycles. The SMILES string of the molecule is CP(O)(O)(O)CCC(N)C(=O)O. The number of carbonyl (C=O) groups is 1. The molecular weight excluding hydrogens is 185 g/mol. The number of carboxylic acid groups (broad SMARTS) is 1. The summed E-state index contributed by atoms with van der Waals surface area (Å²) in [5.74, 6) is -1.23. The molecule has 0 aliphatic rings. The first-order valence-electron chi connectivity index (χ1n) is 3.32. The third-order valence-electron chi connectivity index (χ3n) is 1.28. The van der Waals surface area contributed by atoms with Crippen LogP contribution in [0, 0.1) is 0 Å². The molecule has 0 radical (unpaired) electrons. The quantitative estimate of drug-likeness (QED) is 0.358. The van der Waals surface area contributed by atoms with Gasteiger partial charge in [-0.15, -0.1) is 0 Å². The Morgan fingerprint density at radius 2 is 1.92 bits per heavy atom. The first-order chi connectivity index (χ1) is 5.08. The van der Waals surface area contributed by atoms with Crippen molar-refractivity contribution >= 4 is 13.3 Å². The van der Waals surface area contributed by atoms with Crippen LogP contribution in [0.4, 0.5) is 0 Å². The van der Waals surface area contributed by atoms with Crippen molar-refractivity contribution in [3.8, 4) is 0 Å². The average Bonchev–Trinajstić information content (AvgIpc) is 1.79. The van der Waals surface area contributed by atoms with Crippen LogP contribution in [0.1, 0.15) is 6.42 Å². The number of nitrogens with two attached hydrogens (primary N) is 1. The van der Waals surface area contributed by atoms with Gasteiger partial charge in [0.1, 0.15) is 0 Å². The van der Waals surface area contributed by atoms with E-state index in [-0.39, 0.29) is 12.6 Å². The molecule has 0 amide bonds. The summed E-state index contributed by atoms with van der Waals surface area (Å²) in [6.07, 6.45) is -0.549. The molecule has 0 heterocycles. The van der Waals surface area contributed by atoms with E-state index in [1.165, 1.54) is 0 Å². The van der Waals surface area contributed by atoms with Crippen molar-refractivity contribution < 1.29 is 24.6 Å². The molecule has 1 atom stereocenters. The van der Waals surface area contributed by atoms with Gasteiger partial charge in [0.15, 0.2) is 0 Å². The fourth-order valence-corrected chi connectivity index (χ4v) is 1.45. The topological polar surface area (TPSA) is 124 Å². The van der Waals surface area contributed by atoms with Gasteiger partial charge in [-0.1, -0.05) is 0 Å². The minimum atomic E-state index is -4.56. The molecule has 1 unspecified atom stereocenters. The van der Waals surface area contributed by atoms with E-state index in [9.17, 15) is 4.79 Å². The minimum absolute atomic E-state index is 0.160. The van der Waals surface area contributed by atoms with Gasteiger partial charge >= 0.3 is 68.9 Å². The molecule has 0 spiro atoms. The molecule has 74 valence electrons. The molecule has 0 saturated heterocycles. The molecule has 0 rings (SSSR count). The molecule has 0 fully saturated rings. The van der Waals surface area contributed by atoms with Crippen LogP contribution in [0.25, 0.3) is 0 Å². The molecular formula is C5H14NO5P. The number of aliphatic carboxylic acids is 1. The van der Waals surface area contributed by atoms with Crippen molar-refractivity contribution in [2.75, 3.05) is 12.8 Å². The van der Waals surface area contributed by atoms with E-state index in [4.69, 9.17) is 25.5 Å². The van der Waals surface area contributed by atoms with Crippen LogP contribution in [0.3, 0.4) is 0 Å². The number of carboxylic acids is 1. The van der Waals surface area contributed by atoms with Gasteiger partial charge in [0.2, 0.25) is 0 Å². The standard InChI is InChI=1S/C5H14NO5P/c1-12(9,10,11)3-2-4(6)5(7)8/h4,9-11H,2-3,6H2,1H3,(H,7,8). The van der Waals surface area contributed by atoms with Gasteiger partial charge in [-0.25, -0.2) is 0 Å². The van der Waals surface area contributed by atoms with Crippen LogP contribution in [0.5, 0.6) is 0 Å². The van der Waals surface area contributed by atoms with Gasteiger partial charge in [0.05, 0.1) is 0 Å². The van der Waals surface area contributed by atoms with E-state index < -0.39 is 19.3 Å². The van der Waals surface area contributed by atoms with E-state index >= 15 is 0 Å². The van der Waals surface area contributed by atoms with E-state index in [1.807, 2.05) is 0 Å². The van der Waals surface area contributed by atoms with Crippen LogP contribution in [0.15, 0.2) is 0 Å². The Kier molecular flexibility index (Phi) is 3.17. The summed E-state index contributed by atoms with van der Waals surface area (Å²) in [4.78, 5) is 36.9. The third-order valence-corrected chi connectivity index (χ3v) is 2.59. The molecule has 7 heteroatoms. The van der Waals surface area contributed by atoms with Crippen LogP contribution < -0.4 is 5.73 Å². The maximum atomic E-state index is 10.2. The summed E-state index contributed by atoms with van der Waals surface area (Å²) in [6.45, 7) is 0.889. The first kappa shape index (κ1) is 11.7. The number of hydrogen-bond acceptors (Lipinski definition) is 5. The van der Waals surface area contributed by atoms with Crippen LogP contribution in [-0.4, -0.2) is 44.6 Å². The third kappa shape index (κ3) is 6.45. The second kappa shape index (κ2) is 3.24. The molecule has 0 bridgehead atoms. The van der Waals surface area contributed by atoms with Crippen LogP contribution >= 0.6 is 7.28 Å². The van der Waals surface area contributed by atoms with Crippen molar-refractivity contribution in [1.82, 2.24) is 0 Å². The Bertz CT molecular complexity index is 177. The zero-order chi connectivity index (χ0) is 10.0. The van der Waals surface area contributed by atoms with Crippen molar-refractivity contribution in [2.24, 2.45) is 5.73 Å². The predicted octanol–water partition coefficient (Wildman–Crippen LogP) is -1.31. The Balaban J connectivity index is 3.93. The summed E-state index contributed by atoms with van der Waals surface area (Å²) >= 11 is 0. The van der Waals surface area contributed by atoms with E-state index in [1.54, 1.807) is 0 Å². The summed E-state index contributed by atoms with van der Waals surface area (Å²) < 4.78 is 0. The zero-order valence-corrected chi connectivity index (χ0v) is 7.61. The van der Waals surface area contributed by atoms with E-state index in [0.29, 0.717) is 0 Å². The number of hydrogen-bond donors (Lipinski definition) is 5. The summed E-state index contributed by atoms with van der Waals surface area (Å²) in [6, 6.07) is -1.17. The van der Waals surface area contributed by atoms with Crippen molar-refractivity contribution in [3.63, 3.8) is 0 Å². The van der Waals surface area contributed by atoms with Gasteiger partial charge in [-0.05, 0) is 0 Å². The molecule has 0 saturated carbocycles. The Morgan fingerprint density at radius 3 is 2.17 bits per heavy atom. The normalized spacial score (nSPS) is 17.9. The molecule has 0 aliphatic heterocycles. The van der Waals surface area contributed by atoms with Crippen molar-refractivity contribution in [2.45, 2.75) is 12.5 Å². The van der Waals surface area contributed by atoms with Gasteiger partial charge in [0.25, 0.3) is 0 Å². The molecule has 0 aliphatic carbocycles. The van der Waals surface area contributed by atoms with Crippen LogP contribution in [0.2, 0.25) is 0 Å². The summed E-state index contributed by atoms with van der Waals surface area (Å²) in [5.41, 5.74) is 5.07.